The van der Waals surface area contributed by atoms with Gasteiger partial charge in [-0.25, -0.2) is 13.1 Å². The summed E-state index contributed by atoms with van der Waals surface area (Å²) in [4.78, 5) is 0.185. The number of hydrogen-bond donors (Lipinski definition) is 1. The summed E-state index contributed by atoms with van der Waals surface area (Å²) in [5, 5.41) is 0. The van der Waals surface area contributed by atoms with Crippen LogP contribution in [0.1, 0.15) is 18.9 Å². The Balaban J connectivity index is 0.00000289. The first-order valence-corrected chi connectivity index (χ1v) is 7.83. The SMILES string of the molecule is CCCS(=O)(=O)NCc1ccc(S(=O)[O-])cc1.[Na+]. The van der Waals surface area contributed by atoms with Gasteiger partial charge in [-0.1, -0.05) is 19.1 Å². The average Bonchev–Trinajstić information content (AvgIpc) is 2.27. The number of nitrogens with one attached hydrogen (secondary N) is 1. The first-order valence-electron chi connectivity index (χ1n) is 5.10. The number of benzene rings is 1. The van der Waals surface area contributed by atoms with Crippen LogP contribution in [0.3, 0.4) is 0 Å². The van der Waals surface area contributed by atoms with Gasteiger partial charge in [-0.05, 0) is 35.2 Å². The van der Waals surface area contributed by atoms with Crippen LogP contribution in [-0.2, 0) is 27.6 Å². The molecule has 5 nitrogen and oxygen atoms in total. The standard InChI is InChI=1S/C10H15NO4S2.Na/c1-2-7-17(14,15)11-8-9-3-5-10(6-4-9)16(12)13;/h3-6,11H,2,7-8H2,1H3,(H,12,13);/q;+1/p-1. The Bertz CT molecular complexity index is 487. The van der Waals surface area contributed by atoms with Crippen molar-refractivity contribution in [2.75, 3.05) is 5.75 Å². The summed E-state index contributed by atoms with van der Waals surface area (Å²) in [6, 6.07) is 6.04. The summed E-state index contributed by atoms with van der Waals surface area (Å²) in [6.07, 6.45) is 0.559. The van der Waals surface area contributed by atoms with Crippen LogP contribution in [0.4, 0.5) is 0 Å². The van der Waals surface area contributed by atoms with E-state index in [-0.39, 0.29) is 46.8 Å². The largest absolute Gasteiger partial charge is 1.00 e. The van der Waals surface area contributed by atoms with Gasteiger partial charge in [0.25, 0.3) is 0 Å². The molecule has 0 amide bonds. The van der Waals surface area contributed by atoms with Gasteiger partial charge in [-0.3, -0.25) is 4.21 Å². The molecule has 0 saturated carbocycles. The van der Waals surface area contributed by atoms with E-state index >= 15 is 0 Å². The fraction of sp³-hybridized carbons (Fsp3) is 0.400. The Morgan fingerprint density at radius 1 is 1.28 bits per heavy atom. The molecule has 1 aromatic carbocycles. The first kappa shape index (κ1) is 18.2. The fourth-order valence-electron chi connectivity index (χ4n) is 1.25. The monoisotopic (exact) mass is 299 g/mol. The van der Waals surface area contributed by atoms with Crippen molar-refractivity contribution >= 4 is 21.1 Å². The molecule has 1 unspecified atom stereocenters. The molecule has 96 valence electrons. The van der Waals surface area contributed by atoms with Crippen molar-refractivity contribution in [3.8, 4) is 0 Å². The molecule has 1 N–H and O–H groups in total. The Kier molecular flexibility index (Phi) is 8.53. The molecular formula is C10H14NNaO4S2. The minimum atomic E-state index is -3.23. The van der Waals surface area contributed by atoms with E-state index in [2.05, 4.69) is 4.72 Å². The van der Waals surface area contributed by atoms with Crippen molar-refractivity contribution in [3.05, 3.63) is 29.8 Å². The van der Waals surface area contributed by atoms with Gasteiger partial charge in [0.15, 0.2) is 0 Å². The van der Waals surface area contributed by atoms with Crippen molar-refractivity contribution in [1.29, 1.82) is 0 Å². The van der Waals surface area contributed by atoms with Crippen molar-refractivity contribution in [2.45, 2.75) is 24.8 Å². The third-order valence-corrected chi connectivity index (χ3v) is 4.27. The zero-order valence-electron chi connectivity index (χ0n) is 10.4. The molecule has 0 bridgehead atoms. The smallest absolute Gasteiger partial charge is 0.768 e. The van der Waals surface area contributed by atoms with E-state index in [0.29, 0.717) is 6.42 Å². The molecule has 0 spiro atoms. The minimum absolute atomic E-state index is 0. The van der Waals surface area contributed by atoms with Gasteiger partial charge < -0.3 is 4.55 Å². The van der Waals surface area contributed by atoms with Crippen LogP contribution in [-0.4, -0.2) is 22.9 Å². The van der Waals surface area contributed by atoms with Crippen molar-refractivity contribution in [1.82, 2.24) is 4.72 Å². The van der Waals surface area contributed by atoms with Gasteiger partial charge in [-0.2, -0.15) is 0 Å². The summed E-state index contributed by atoms with van der Waals surface area (Å²) in [7, 11) is -3.23. The van der Waals surface area contributed by atoms with Crippen molar-refractivity contribution < 1.29 is 46.7 Å². The van der Waals surface area contributed by atoms with Crippen LogP contribution in [0.15, 0.2) is 29.2 Å². The van der Waals surface area contributed by atoms with Gasteiger partial charge in [0.2, 0.25) is 10.0 Å². The molecular weight excluding hydrogens is 285 g/mol. The van der Waals surface area contributed by atoms with Crippen LogP contribution >= 0.6 is 0 Å². The summed E-state index contributed by atoms with van der Waals surface area (Å²) in [6.45, 7) is 1.96. The van der Waals surface area contributed by atoms with Gasteiger partial charge in [0, 0.05) is 11.4 Å². The second-order valence-electron chi connectivity index (χ2n) is 3.52. The quantitative estimate of drug-likeness (QED) is 0.475. The Hall–Kier alpha value is 0.240. The summed E-state index contributed by atoms with van der Waals surface area (Å²) < 4.78 is 46.4. The second-order valence-corrected chi connectivity index (χ2v) is 6.39. The molecule has 0 aliphatic rings. The van der Waals surface area contributed by atoms with Crippen LogP contribution in [0.2, 0.25) is 0 Å². The van der Waals surface area contributed by atoms with Gasteiger partial charge >= 0.3 is 29.6 Å². The maximum Gasteiger partial charge on any atom is 1.00 e. The zero-order valence-corrected chi connectivity index (χ0v) is 14.0. The molecule has 0 saturated heterocycles. The van der Waals surface area contributed by atoms with E-state index in [4.69, 9.17) is 0 Å². The molecule has 1 atom stereocenters. The molecule has 0 aliphatic heterocycles. The molecule has 0 fully saturated rings. The zero-order chi connectivity index (χ0) is 12.9. The van der Waals surface area contributed by atoms with Crippen LogP contribution in [0, 0.1) is 0 Å². The second kappa shape index (κ2) is 8.42. The Labute approximate surface area is 132 Å². The van der Waals surface area contributed by atoms with Crippen LogP contribution in [0.25, 0.3) is 0 Å². The van der Waals surface area contributed by atoms with E-state index in [1.807, 2.05) is 0 Å². The molecule has 1 rings (SSSR count). The third-order valence-electron chi connectivity index (χ3n) is 2.08. The summed E-state index contributed by atoms with van der Waals surface area (Å²) in [5.74, 6) is 0.0929. The molecule has 0 aromatic heterocycles. The van der Waals surface area contributed by atoms with E-state index in [1.54, 1.807) is 19.1 Å². The molecule has 0 aliphatic carbocycles. The first-order chi connectivity index (χ1) is 7.94. The van der Waals surface area contributed by atoms with E-state index in [0.717, 1.165) is 5.56 Å². The number of sulfonamides is 1. The van der Waals surface area contributed by atoms with Gasteiger partial charge in [-0.15, -0.1) is 0 Å². The molecule has 18 heavy (non-hydrogen) atoms. The fourth-order valence-corrected chi connectivity index (χ4v) is 2.68. The summed E-state index contributed by atoms with van der Waals surface area (Å²) >= 11 is -2.25. The molecule has 8 heteroatoms. The third kappa shape index (κ3) is 6.42. The number of hydrogen-bond acceptors (Lipinski definition) is 4. The van der Waals surface area contributed by atoms with Crippen LogP contribution < -0.4 is 34.3 Å². The Morgan fingerprint density at radius 2 is 1.83 bits per heavy atom. The average molecular weight is 299 g/mol. The van der Waals surface area contributed by atoms with Crippen molar-refractivity contribution in [3.63, 3.8) is 0 Å². The minimum Gasteiger partial charge on any atom is -0.768 e. The van der Waals surface area contributed by atoms with E-state index in [9.17, 15) is 17.2 Å². The molecule has 1 aromatic rings. The van der Waals surface area contributed by atoms with Crippen LogP contribution in [0.5, 0.6) is 0 Å². The Morgan fingerprint density at radius 3 is 2.28 bits per heavy atom. The molecule has 0 heterocycles. The number of rotatable bonds is 6. The predicted molar refractivity (Wildman–Crippen MR) is 64.5 cm³/mol. The van der Waals surface area contributed by atoms with E-state index in [1.165, 1.54) is 12.1 Å². The maximum absolute atomic E-state index is 11.4. The predicted octanol–water partition coefficient (Wildman–Crippen LogP) is -2.24. The van der Waals surface area contributed by atoms with Gasteiger partial charge in [0.05, 0.1) is 5.75 Å². The summed E-state index contributed by atoms with van der Waals surface area (Å²) in [5.41, 5.74) is 0.721. The molecule has 0 radical (unpaired) electrons. The maximum atomic E-state index is 11.4. The van der Waals surface area contributed by atoms with Crippen molar-refractivity contribution in [2.24, 2.45) is 0 Å². The normalized spacial score (nSPS) is 12.8. The topological polar surface area (TPSA) is 86.3 Å². The van der Waals surface area contributed by atoms with E-state index < -0.39 is 21.1 Å². The van der Waals surface area contributed by atoms with Gasteiger partial charge in [0.1, 0.15) is 0 Å².